The maximum absolute atomic E-state index is 12.3. The Kier molecular flexibility index (Phi) is 6.03. The largest absolute Gasteiger partial charge is 0.494 e. The molecule has 2 amide bonds. The molecule has 0 radical (unpaired) electrons. The first-order chi connectivity index (χ1) is 13.1. The smallest absolute Gasteiger partial charge is 0.228 e. The Morgan fingerprint density at radius 3 is 2.52 bits per heavy atom. The van der Waals surface area contributed by atoms with Crippen LogP contribution in [0.5, 0.6) is 5.75 Å². The fourth-order valence-electron chi connectivity index (χ4n) is 2.53. The molecule has 0 unspecified atom stereocenters. The first kappa shape index (κ1) is 18.8. The summed E-state index contributed by atoms with van der Waals surface area (Å²) in [5.74, 6) is 0.615. The summed E-state index contributed by atoms with van der Waals surface area (Å²) < 4.78 is 6.33. The Balaban J connectivity index is 1.64. The molecule has 3 aromatic rings. The standard InChI is InChI=1S/C20H21N3O3S/c1-3-18(24)23-20-22-16-10-5-13(11-17(16)27-20)12-19(25)21-14-6-8-15(9-7-14)26-4-2/h5-11H,3-4,12H2,1-2H3,(H,21,25)(H,22,23,24). The third-order valence-corrected chi connectivity index (χ3v) is 4.77. The fourth-order valence-corrected chi connectivity index (χ4v) is 3.48. The molecule has 0 bridgehead atoms. The van der Waals surface area contributed by atoms with Crippen LogP contribution in [0, 0.1) is 0 Å². The topological polar surface area (TPSA) is 80.3 Å². The van der Waals surface area contributed by atoms with Crippen LogP contribution in [0.3, 0.4) is 0 Å². The number of carbonyl (C=O) groups excluding carboxylic acids is 2. The Bertz CT molecular complexity index is 951. The van der Waals surface area contributed by atoms with Gasteiger partial charge in [0.2, 0.25) is 11.8 Å². The van der Waals surface area contributed by atoms with Gasteiger partial charge >= 0.3 is 0 Å². The first-order valence-electron chi connectivity index (χ1n) is 8.79. The highest BCUT2D eigenvalue weighted by molar-refractivity contribution is 7.22. The van der Waals surface area contributed by atoms with Crippen molar-refractivity contribution in [2.24, 2.45) is 0 Å². The van der Waals surface area contributed by atoms with Gasteiger partial charge in [0.25, 0.3) is 0 Å². The van der Waals surface area contributed by atoms with Gasteiger partial charge in [-0.3, -0.25) is 9.59 Å². The van der Waals surface area contributed by atoms with Crippen LogP contribution in [-0.2, 0) is 16.0 Å². The quantitative estimate of drug-likeness (QED) is 0.640. The summed E-state index contributed by atoms with van der Waals surface area (Å²) in [6.45, 7) is 4.33. The number of anilines is 2. The number of amides is 2. The van der Waals surface area contributed by atoms with Gasteiger partial charge in [0.05, 0.1) is 23.2 Å². The second-order valence-electron chi connectivity index (χ2n) is 5.91. The number of hydrogen-bond donors (Lipinski definition) is 2. The normalized spacial score (nSPS) is 10.6. The van der Waals surface area contributed by atoms with Gasteiger partial charge in [-0.05, 0) is 48.9 Å². The Labute approximate surface area is 161 Å². The van der Waals surface area contributed by atoms with Gasteiger partial charge in [-0.2, -0.15) is 0 Å². The predicted octanol–water partition coefficient (Wildman–Crippen LogP) is 4.22. The molecule has 0 saturated heterocycles. The molecule has 2 N–H and O–H groups in total. The third kappa shape index (κ3) is 5.04. The Morgan fingerprint density at radius 1 is 1.04 bits per heavy atom. The number of rotatable bonds is 7. The van der Waals surface area contributed by atoms with Gasteiger partial charge in [-0.1, -0.05) is 24.3 Å². The lowest BCUT2D eigenvalue weighted by Gasteiger charge is -2.07. The van der Waals surface area contributed by atoms with Crippen LogP contribution in [0.4, 0.5) is 10.8 Å². The molecule has 6 nitrogen and oxygen atoms in total. The van der Waals surface area contributed by atoms with Crippen molar-refractivity contribution in [1.29, 1.82) is 0 Å². The molecule has 3 rings (SSSR count). The Hall–Kier alpha value is -2.93. The number of hydrogen-bond acceptors (Lipinski definition) is 5. The van der Waals surface area contributed by atoms with E-state index in [1.54, 1.807) is 6.92 Å². The van der Waals surface area contributed by atoms with E-state index in [0.717, 1.165) is 27.2 Å². The average Bonchev–Trinajstić information content (AvgIpc) is 3.04. The number of thiazole rings is 1. The van der Waals surface area contributed by atoms with E-state index in [9.17, 15) is 9.59 Å². The SMILES string of the molecule is CCOc1ccc(NC(=O)Cc2ccc3nc(NC(=O)CC)sc3c2)cc1. The Morgan fingerprint density at radius 2 is 1.81 bits per heavy atom. The van der Waals surface area contributed by atoms with Crippen molar-refractivity contribution in [3.05, 3.63) is 48.0 Å². The number of nitrogens with zero attached hydrogens (tertiary/aromatic N) is 1. The summed E-state index contributed by atoms with van der Waals surface area (Å²) in [6.07, 6.45) is 0.671. The lowest BCUT2D eigenvalue weighted by atomic mass is 10.1. The summed E-state index contributed by atoms with van der Waals surface area (Å²) in [7, 11) is 0. The number of carbonyl (C=O) groups is 2. The van der Waals surface area contributed by atoms with E-state index in [-0.39, 0.29) is 18.2 Å². The minimum atomic E-state index is -0.0949. The van der Waals surface area contributed by atoms with Crippen molar-refractivity contribution < 1.29 is 14.3 Å². The summed E-state index contributed by atoms with van der Waals surface area (Å²) in [5, 5.41) is 6.23. The van der Waals surface area contributed by atoms with Crippen molar-refractivity contribution in [2.45, 2.75) is 26.7 Å². The van der Waals surface area contributed by atoms with E-state index in [1.165, 1.54) is 11.3 Å². The first-order valence-corrected chi connectivity index (χ1v) is 9.61. The van der Waals surface area contributed by atoms with Gasteiger partial charge < -0.3 is 15.4 Å². The van der Waals surface area contributed by atoms with Crippen LogP contribution in [0.2, 0.25) is 0 Å². The minimum absolute atomic E-state index is 0.0657. The highest BCUT2D eigenvalue weighted by Gasteiger charge is 2.09. The van der Waals surface area contributed by atoms with E-state index in [2.05, 4.69) is 15.6 Å². The molecule has 0 aliphatic heterocycles. The third-order valence-electron chi connectivity index (χ3n) is 3.83. The number of nitrogens with one attached hydrogen (secondary N) is 2. The second kappa shape index (κ2) is 8.64. The number of benzene rings is 2. The van der Waals surface area contributed by atoms with Gasteiger partial charge in [0, 0.05) is 12.1 Å². The van der Waals surface area contributed by atoms with Gasteiger partial charge in [0.15, 0.2) is 5.13 Å². The van der Waals surface area contributed by atoms with E-state index < -0.39 is 0 Å². The van der Waals surface area contributed by atoms with Gasteiger partial charge in [-0.15, -0.1) is 0 Å². The van der Waals surface area contributed by atoms with Crippen LogP contribution in [0.15, 0.2) is 42.5 Å². The molecule has 2 aromatic carbocycles. The average molecular weight is 383 g/mol. The maximum atomic E-state index is 12.3. The lowest BCUT2D eigenvalue weighted by molar-refractivity contribution is -0.116. The van der Waals surface area contributed by atoms with Crippen molar-refractivity contribution >= 4 is 44.2 Å². The molecule has 1 heterocycles. The zero-order chi connectivity index (χ0) is 19.2. The number of ether oxygens (including phenoxy) is 1. The zero-order valence-corrected chi connectivity index (χ0v) is 16.1. The van der Waals surface area contributed by atoms with Crippen LogP contribution < -0.4 is 15.4 Å². The monoisotopic (exact) mass is 383 g/mol. The van der Waals surface area contributed by atoms with Crippen molar-refractivity contribution in [2.75, 3.05) is 17.2 Å². The van der Waals surface area contributed by atoms with Crippen molar-refractivity contribution in [1.82, 2.24) is 4.98 Å². The molecular weight excluding hydrogens is 362 g/mol. The van der Waals surface area contributed by atoms with E-state index >= 15 is 0 Å². The molecule has 0 aliphatic carbocycles. The molecule has 0 fully saturated rings. The second-order valence-corrected chi connectivity index (χ2v) is 6.94. The highest BCUT2D eigenvalue weighted by atomic mass is 32.1. The number of aromatic nitrogens is 1. The summed E-state index contributed by atoms with van der Waals surface area (Å²) in [4.78, 5) is 28.2. The van der Waals surface area contributed by atoms with Gasteiger partial charge in [-0.25, -0.2) is 4.98 Å². The predicted molar refractivity (Wildman–Crippen MR) is 108 cm³/mol. The molecule has 27 heavy (non-hydrogen) atoms. The van der Waals surface area contributed by atoms with Crippen LogP contribution in [0.1, 0.15) is 25.8 Å². The van der Waals surface area contributed by atoms with Crippen LogP contribution in [-0.4, -0.2) is 23.4 Å². The lowest BCUT2D eigenvalue weighted by Crippen LogP contribution is -2.14. The van der Waals surface area contributed by atoms with E-state index in [1.807, 2.05) is 49.4 Å². The molecule has 7 heteroatoms. The summed E-state index contributed by atoms with van der Waals surface area (Å²) >= 11 is 1.40. The molecule has 0 saturated carbocycles. The van der Waals surface area contributed by atoms with Crippen molar-refractivity contribution in [3.63, 3.8) is 0 Å². The van der Waals surface area contributed by atoms with E-state index in [0.29, 0.717) is 18.2 Å². The molecule has 140 valence electrons. The fraction of sp³-hybridized carbons (Fsp3) is 0.250. The van der Waals surface area contributed by atoms with Crippen LogP contribution in [0.25, 0.3) is 10.2 Å². The molecule has 0 spiro atoms. The summed E-state index contributed by atoms with van der Waals surface area (Å²) in [5.41, 5.74) is 2.43. The molecule has 1 aromatic heterocycles. The van der Waals surface area contributed by atoms with E-state index in [4.69, 9.17) is 4.74 Å². The van der Waals surface area contributed by atoms with Gasteiger partial charge in [0.1, 0.15) is 5.75 Å². The molecular formula is C20H21N3O3S. The molecule has 0 aliphatic rings. The highest BCUT2D eigenvalue weighted by Crippen LogP contribution is 2.27. The minimum Gasteiger partial charge on any atom is -0.494 e. The molecule has 0 atom stereocenters. The zero-order valence-electron chi connectivity index (χ0n) is 15.2. The number of fused-ring (bicyclic) bond motifs is 1. The van der Waals surface area contributed by atoms with Crippen LogP contribution >= 0.6 is 11.3 Å². The van der Waals surface area contributed by atoms with Crippen molar-refractivity contribution in [3.8, 4) is 5.75 Å². The summed E-state index contributed by atoms with van der Waals surface area (Å²) in [6, 6.07) is 13.0. The maximum Gasteiger partial charge on any atom is 0.228 e.